The quantitative estimate of drug-likeness (QED) is 0.466. The predicted octanol–water partition coefficient (Wildman–Crippen LogP) is -0.691. The summed E-state index contributed by atoms with van der Waals surface area (Å²) >= 11 is 0. The van der Waals surface area contributed by atoms with Crippen LogP contribution in [0.25, 0.3) is 11.3 Å². The highest BCUT2D eigenvalue weighted by Crippen LogP contribution is 2.41. The minimum atomic E-state index is -3.94. The Morgan fingerprint density at radius 3 is 2.67 bits per heavy atom. The average Bonchev–Trinajstić information content (AvgIpc) is 3.02. The van der Waals surface area contributed by atoms with Crippen molar-refractivity contribution in [3.8, 4) is 0 Å². The lowest BCUT2D eigenvalue weighted by Gasteiger charge is -2.26. The monoisotopic (exact) mass is 344 g/mol. The fourth-order valence-corrected chi connectivity index (χ4v) is 4.19. The van der Waals surface area contributed by atoms with Gasteiger partial charge >= 0.3 is 7.52 Å². The number of nitrogens with one attached hydrogen (secondary N) is 2. The molecule has 8 nitrogen and oxygen atoms in total. The third-order valence-corrected chi connectivity index (χ3v) is 5.59. The van der Waals surface area contributed by atoms with Crippen molar-refractivity contribution in [1.82, 2.24) is 14.3 Å². The van der Waals surface area contributed by atoms with Gasteiger partial charge in [0.05, 0.1) is 11.0 Å². The molecule has 9 heteroatoms. The summed E-state index contributed by atoms with van der Waals surface area (Å²) in [7, 11) is -2.42. The lowest BCUT2D eigenvalue weighted by Crippen LogP contribution is -2.51. The number of hydrogen-bond acceptors (Lipinski definition) is 4. The molecule has 1 aliphatic rings. The molecule has 0 amide bonds. The van der Waals surface area contributed by atoms with E-state index in [2.05, 4.69) is 10.4 Å². The van der Waals surface area contributed by atoms with Crippen molar-refractivity contribution < 1.29 is 9.46 Å². The van der Waals surface area contributed by atoms with Crippen molar-refractivity contribution >= 4 is 29.8 Å². The summed E-state index contributed by atoms with van der Waals surface area (Å²) in [4.78, 5) is 35.5. The fourth-order valence-electron chi connectivity index (χ4n) is 2.86. The van der Waals surface area contributed by atoms with Crippen LogP contribution in [0.4, 0.5) is 5.69 Å². The van der Waals surface area contributed by atoms with E-state index in [9.17, 15) is 19.0 Å². The normalized spacial score (nSPS) is 21.9. The Bertz CT molecular complexity index is 1210. The van der Waals surface area contributed by atoms with E-state index in [0.717, 1.165) is 0 Å². The van der Waals surface area contributed by atoms with Gasteiger partial charge in [0, 0.05) is 13.2 Å². The summed E-state index contributed by atoms with van der Waals surface area (Å²) in [5.74, 6) is -0.0613. The molecule has 122 valence electrons. The molecular weight excluding hydrogens is 331 g/mol. The maximum atomic E-state index is 12.7. The van der Waals surface area contributed by atoms with E-state index < -0.39 is 18.5 Å². The van der Waals surface area contributed by atoms with E-state index in [1.165, 1.54) is 22.3 Å². The van der Waals surface area contributed by atoms with Crippen LogP contribution in [0.1, 0.15) is 0 Å². The minimum absolute atomic E-state index is 0.0613. The molecule has 3 N–H and O–H groups in total. The van der Waals surface area contributed by atoms with Crippen molar-refractivity contribution in [3.05, 3.63) is 68.4 Å². The SMILES string of the molecule is Cn1c(=O)/c(=C2\Nc3ccccc3P(=O)(O)N2)c(=O)c2cccn21. The van der Waals surface area contributed by atoms with Crippen LogP contribution >= 0.6 is 7.52 Å². The van der Waals surface area contributed by atoms with Gasteiger partial charge in [-0.25, -0.2) is 4.68 Å². The van der Waals surface area contributed by atoms with Gasteiger partial charge in [0.15, 0.2) is 0 Å². The fraction of sp³-hybridized carbons (Fsp3) is 0.0667. The number of para-hydroxylation sites is 1. The molecule has 1 unspecified atom stereocenters. The highest BCUT2D eigenvalue weighted by molar-refractivity contribution is 7.65. The van der Waals surface area contributed by atoms with Crippen LogP contribution in [-0.4, -0.2) is 14.1 Å². The number of nitrogens with zero attached hydrogens (tertiary/aromatic N) is 2. The Balaban J connectivity index is 2.14. The van der Waals surface area contributed by atoms with Gasteiger partial charge in [-0.3, -0.25) is 23.8 Å². The number of aromatic nitrogens is 2. The highest BCUT2D eigenvalue weighted by Gasteiger charge is 2.31. The molecule has 1 aromatic carbocycles. The van der Waals surface area contributed by atoms with E-state index >= 15 is 0 Å². The molecule has 0 aliphatic carbocycles. The van der Waals surface area contributed by atoms with Crippen LogP contribution in [0.2, 0.25) is 0 Å². The Morgan fingerprint density at radius 2 is 1.88 bits per heavy atom. The van der Waals surface area contributed by atoms with Gasteiger partial charge in [-0.1, -0.05) is 12.1 Å². The lowest BCUT2D eigenvalue weighted by molar-refractivity contribution is 0.483. The number of rotatable bonds is 0. The van der Waals surface area contributed by atoms with E-state index in [1.54, 1.807) is 36.5 Å². The second kappa shape index (κ2) is 4.83. The first kappa shape index (κ1) is 14.7. The summed E-state index contributed by atoms with van der Waals surface area (Å²) in [6, 6.07) is 9.70. The average molecular weight is 344 g/mol. The van der Waals surface area contributed by atoms with E-state index in [0.29, 0.717) is 11.2 Å². The molecular formula is C15H13N4O4P. The van der Waals surface area contributed by atoms with E-state index in [4.69, 9.17) is 0 Å². The number of anilines is 1. The van der Waals surface area contributed by atoms with Crippen molar-refractivity contribution in [2.45, 2.75) is 0 Å². The summed E-state index contributed by atoms with van der Waals surface area (Å²) < 4.78 is 15.2. The van der Waals surface area contributed by atoms with Gasteiger partial charge in [0.2, 0.25) is 5.43 Å². The predicted molar refractivity (Wildman–Crippen MR) is 90.2 cm³/mol. The van der Waals surface area contributed by atoms with Gasteiger partial charge in [-0.2, -0.15) is 0 Å². The second-order valence-corrected chi connectivity index (χ2v) is 7.33. The zero-order valence-electron chi connectivity index (χ0n) is 12.6. The van der Waals surface area contributed by atoms with Gasteiger partial charge in [-0.05, 0) is 24.3 Å². The van der Waals surface area contributed by atoms with Crippen molar-refractivity contribution in [1.29, 1.82) is 0 Å². The van der Waals surface area contributed by atoms with E-state index in [1.807, 2.05) is 0 Å². The molecule has 0 spiro atoms. The number of benzene rings is 1. The molecule has 0 radical (unpaired) electrons. The molecule has 3 aromatic rings. The number of hydrogen-bond donors (Lipinski definition) is 3. The van der Waals surface area contributed by atoms with Crippen LogP contribution in [-0.2, 0) is 11.6 Å². The molecule has 1 aliphatic heterocycles. The maximum Gasteiger partial charge on any atom is 0.324 e. The molecule has 24 heavy (non-hydrogen) atoms. The van der Waals surface area contributed by atoms with Gasteiger partial charge in [0.25, 0.3) is 5.56 Å². The van der Waals surface area contributed by atoms with Crippen LogP contribution < -0.4 is 31.9 Å². The Morgan fingerprint density at radius 1 is 1.12 bits per heavy atom. The molecule has 2 aromatic heterocycles. The first-order valence-electron chi connectivity index (χ1n) is 7.12. The Labute approximate surface area is 135 Å². The van der Waals surface area contributed by atoms with Crippen LogP contribution in [0.5, 0.6) is 0 Å². The third kappa shape index (κ3) is 1.94. The van der Waals surface area contributed by atoms with Crippen molar-refractivity contribution in [2.24, 2.45) is 7.05 Å². The van der Waals surface area contributed by atoms with E-state index in [-0.39, 0.29) is 16.3 Å². The molecule has 3 heterocycles. The molecule has 0 fully saturated rings. The van der Waals surface area contributed by atoms with Gasteiger partial charge in [-0.15, -0.1) is 0 Å². The largest absolute Gasteiger partial charge is 0.340 e. The highest BCUT2D eigenvalue weighted by atomic mass is 31.2. The van der Waals surface area contributed by atoms with Gasteiger partial charge < -0.3 is 10.2 Å². The minimum Gasteiger partial charge on any atom is -0.340 e. The van der Waals surface area contributed by atoms with Crippen LogP contribution in [0.3, 0.4) is 0 Å². The first-order valence-corrected chi connectivity index (χ1v) is 8.78. The molecule has 1 atom stereocenters. The summed E-state index contributed by atoms with van der Waals surface area (Å²) in [5, 5.41) is 5.31. The smallest absolute Gasteiger partial charge is 0.324 e. The Hall–Kier alpha value is -2.83. The maximum absolute atomic E-state index is 12.7. The van der Waals surface area contributed by atoms with Crippen molar-refractivity contribution in [3.63, 3.8) is 0 Å². The topological polar surface area (TPSA) is 105 Å². The first-order chi connectivity index (χ1) is 11.4. The molecule has 0 saturated carbocycles. The van der Waals surface area contributed by atoms with Gasteiger partial charge in [0.1, 0.15) is 16.6 Å². The molecule has 0 saturated heterocycles. The number of aryl methyl sites for hydroxylation is 1. The molecule has 0 bridgehead atoms. The standard InChI is InChI=1S/C15H13N4O4P/c1-18-15(21)12(13(20)10-6-4-8-19(10)18)14-16-9-5-2-3-7-11(9)24(22,23)17-14/h2-8,16H,1H3,(H2,17,22,23)/b14-12+. The Kier molecular flexibility index (Phi) is 2.97. The summed E-state index contributed by atoms with van der Waals surface area (Å²) in [6.07, 6.45) is 1.60. The summed E-state index contributed by atoms with van der Waals surface area (Å²) in [5.41, 5.74) is -0.404. The zero-order valence-corrected chi connectivity index (χ0v) is 13.4. The second-order valence-electron chi connectivity index (χ2n) is 5.48. The zero-order chi connectivity index (χ0) is 17.1. The third-order valence-electron chi connectivity index (χ3n) is 4.02. The summed E-state index contributed by atoms with van der Waals surface area (Å²) in [6.45, 7) is 0. The molecule has 4 rings (SSSR count). The lowest BCUT2D eigenvalue weighted by atomic mass is 10.3. The van der Waals surface area contributed by atoms with Crippen LogP contribution in [0, 0.1) is 0 Å². The number of fused-ring (bicyclic) bond motifs is 2. The van der Waals surface area contributed by atoms with Crippen LogP contribution in [0.15, 0.2) is 52.2 Å². The van der Waals surface area contributed by atoms with Crippen molar-refractivity contribution in [2.75, 3.05) is 5.32 Å².